The largest absolute Gasteiger partial charge is 0.234 e. The predicted molar refractivity (Wildman–Crippen MR) is 78.0 cm³/mol. The lowest BCUT2D eigenvalue weighted by Gasteiger charge is -2.12. The van der Waals surface area contributed by atoms with Gasteiger partial charge in [0.2, 0.25) is 0 Å². The Morgan fingerprint density at radius 3 is 2.00 bits per heavy atom. The van der Waals surface area contributed by atoms with Crippen LogP contribution in [0.4, 0.5) is 0 Å². The van der Waals surface area contributed by atoms with Gasteiger partial charge in [0.15, 0.2) is 0 Å². The van der Waals surface area contributed by atoms with Crippen LogP contribution in [0.25, 0.3) is 0 Å². The molecule has 2 nitrogen and oxygen atoms in total. The van der Waals surface area contributed by atoms with E-state index in [-0.39, 0.29) is 4.75 Å². The van der Waals surface area contributed by atoms with Crippen molar-refractivity contribution in [1.29, 1.82) is 0 Å². The summed E-state index contributed by atoms with van der Waals surface area (Å²) in [5.41, 5.74) is 2.20. The summed E-state index contributed by atoms with van der Waals surface area (Å²) in [7, 11) is -1.17. The lowest BCUT2D eigenvalue weighted by Crippen LogP contribution is -2.19. The van der Waals surface area contributed by atoms with Gasteiger partial charge in [0, 0.05) is 6.21 Å². The number of nitrogens with zero attached hydrogens (tertiary/aromatic N) is 1. The quantitative estimate of drug-likeness (QED) is 0.735. The molecule has 0 bridgehead atoms. The Balaban J connectivity index is 0.00000121. The van der Waals surface area contributed by atoms with Gasteiger partial charge < -0.3 is 0 Å². The minimum Gasteiger partial charge on any atom is -0.234 e. The maximum Gasteiger partial charge on any atom is 0.144 e. The molecule has 0 saturated heterocycles. The zero-order valence-corrected chi connectivity index (χ0v) is 12.5. The Kier molecular flexibility index (Phi) is 6.97. The molecule has 0 aromatic heterocycles. The number of aryl methyl sites for hydroxylation is 1. The highest BCUT2D eigenvalue weighted by atomic mass is 32.2. The molecule has 0 aliphatic carbocycles. The normalized spacial score (nSPS) is 13.1. The van der Waals surface area contributed by atoms with E-state index in [9.17, 15) is 4.21 Å². The van der Waals surface area contributed by atoms with Crippen LogP contribution in [0.1, 0.15) is 45.7 Å². The van der Waals surface area contributed by atoms with Gasteiger partial charge in [0.25, 0.3) is 0 Å². The van der Waals surface area contributed by atoms with Crippen LogP contribution in [-0.4, -0.2) is 15.2 Å². The molecular weight excluding hydrogens is 230 g/mol. The van der Waals surface area contributed by atoms with Crippen molar-refractivity contribution in [2.75, 3.05) is 0 Å². The van der Waals surface area contributed by atoms with Crippen LogP contribution in [0, 0.1) is 6.92 Å². The first-order valence-electron chi connectivity index (χ1n) is 5.92. The van der Waals surface area contributed by atoms with Crippen molar-refractivity contribution < 1.29 is 4.21 Å². The van der Waals surface area contributed by atoms with E-state index in [0.29, 0.717) is 0 Å². The Morgan fingerprint density at radius 2 is 1.59 bits per heavy atom. The molecule has 0 aliphatic heterocycles. The van der Waals surface area contributed by atoms with Crippen LogP contribution in [0.15, 0.2) is 28.7 Å². The molecule has 0 radical (unpaired) electrons. The lowest BCUT2D eigenvalue weighted by atomic mass is 10.2. The van der Waals surface area contributed by atoms with Gasteiger partial charge >= 0.3 is 0 Å². The maximum atomic E-state index is 11.6. The van der Waals surface area contributed by atoms with Crippen LogP contribution in [0.2, 0.25) is 0 Å². The van der Waals surface area contributed by atoms with Gasteiger partial charge in [-0.05, 0) is 33.3 Å². The molecule has 0 aliphatic rings. The molecule has 0 saturated carbocycles. The molecular formula is C14H23NOS. The van der Waals surface area contributed by atoms with Gasteiger partial charge in [-0.1, -0.05) is 43.7 Å². The first-order chi connectivity index (χ1) is 7.89. The molecule has 1 rings (SSSR count). The third-order valence-electron chi connectivity index (χ3n) is 1.90. The fourth-order valence-electron chi connectivity index (χ4n) is 0.919. The zero-order chi connectivity index (χ0) is 13.5. The van der Waals surface area contributed by atoms with Crippen LogP contribution in [0.5, 0.6) is 0 Å². The van der Waals surface area contributed by atoms with Crippen LogP contribution >= 0.6 is 0 Å². The average Bonchev–Trinajstić information content (AvgIpc) is 2.29. The zero-order valence-electron chi connectivity index (χ0n) is 11.7. The van der Waals surface area contributed by atoms with E-state index >= 15 is 0 Å². The average molecular weight is 253 g/mol. The molecule has 1 unspecified atom stereocenters. The van der Waals surface area contributed by atoms with Crippen LogP contribution in [-0.2, 0) is 11.0 Å². The summed E-state index contributed by atoms with van der Waals surface area (Å²) in [6, 6.07) is 7.97. The van der Waals surface area contributed by atoms with Crippen molar-refractivity contribution in [3.8, 4) is 0 Å². The van der Waals surface area contributed by atoms with E-state index < -0.39 is 11.0 Å². The predicted octanol–water partition coefficient (Wildman–Crippen LogP) is 3.90. The highest BCUT2D eigenvalue weighted by molar-refractivity contribution is 7.85. The van der Waals surface area contributed by atoms with Crippen molar-refractivity contribution in [2.45, 2.75) is 46.3 Å². The second kappa shape index (κ2) is 7.38. The molecule has 3 heteroatoms. The standard InChI is InChI=1S/C12H17NOS.C2H6/c1-10-5-7-11(8-6-10)9-13-15(14)12(2,3)4;1-2/h5-9H,1-4H3;1-2H3/b13-9+;. The van der Waals surface area contributed by atoms with Crippen molar-refractivity contribution in [3.63, 3.8) is 0 Å². The van der Waals surface area contributed by atoms with Gasteiger partial charge in [0.05, 0.1) is 4.75 Å². The first-order valence-corrected chi connectivity index (χ1v) is 7.03. The topological polar surface area (TPSA) is 29.4 Å². The molecule has 0 fully saturated rings. The lowest BCUT2D eigenvalue weighted by molar-refractivity contribution is 0.651. The minimum absolute atomic E-state index is 0.290. The molecule has 0 N–H and O–H groups in total. The van der Waals surface area contributed by atoms with E-state index in [1.54, 1.807) is 6.21 Å². The molecule has 0 amide bonds. The van der Waals surface area contributed by atoms with Crippen molar-refractivity contribution in [2.24, 2.45) is 4.40 Å². The molecule has 0 heterocycles. The van der Waals surface area contributed by atoms with Gasteiger partial charge in [-0.3, -0.25) is 0 Å². The fraction of sp³-hybridized carbons (Fsp3) is 0.500. The number of rotatable bonds is 2. The van der Waals surface area contributed by atoms with Gasteiger partial charge in [-0.2, -0.15) is 4.40 Å². The number of hydrogen-bond acceptors (Lipinski definition) is 1. The number of benzene rings is 1. The fourth-order valence-corrected chi connectivity index (χ4v) is 1.45. The van der Waals surface area contributed by atoms with E-state index in [1.807, 2.05) is 65.8 Å². The second-order valence-electron chi connectivity index (χ2n) is 4.51. The number of hydrogen-bond donors (Lipinski definition) is 0. The summed E-state index contributed by atoms with van der Waals surface area (Å²) in [6.45, 7) is 11.8. The summed E-state index contributed by atoms with van der Waals surface area (Å²) in [5.74, 6) is 0. The maximum absolute atomic E-state index is 11.6. The monoisotopic (exact) mass is 253 g/mol. The molecule has 17 heavy (non-hydrogen) atoms. The van der Waals surface area contributed by atoms with Gasteiger partial charge in [-0.25, -0.2) is 4.21 Å². The van der Waals surface area contributed by atoms with Gasteiger partial charge in [-0.15, -0.1) is 0 Å². The Morgan fingerprint density at radius 1 is 1.12 bits per heavy atom. The molecule has 1 atom stereocenters. The Hall–Kier alpha value is -0.960. The van der Waals surface area contributed by atoms with E-state index in [0.717, 1.165) is 5.56 Å². The third-order valence-corrected chi connectivity index (χ3v) is 3.24. The molecule has 1 aromatic rings. The highest BCUT2D eigenvalue weighted by Gasteiger charge is 2.17. The second-order valence-corrected chi connectivity index (χ2v) is 6.44. The van der Waals surface area contributed by atoms with Crippen LogP contribution < -0.4 is 0 Å². The van der Waals surface area contributed by atoms with Crippen molar-refractivity contribution in [3.05, 3.63) is 35.4 Å². The summed E-state index contributed by atoms with van der Waals surface area (Å²) in [5, 5.41) is 0. The summed E-state index contributed by atoms with van der Waals surface area (Å²) >= 11 is 0. The van der Waals surface area contributed by atoms with E-state index in [2.05, 4.69) is 4.40 Å². The SMILES string of the molecule is CC.Cc1ccc(/C=N/S(=O)C(C)(C)C)cc1. The molecule has 96 valence electrons. The summed E-state index contributed by atoms with van der Waals surface area (Å²) in [6.07, 6.45) is 1.67. The highest BCUT2D eigenvalue weighted by Crippen LogP contribution is 2.12. The summed E-state index contributed by atoms with van der Waals surface area (Å²) in [4.78, 5) is 0. The first kappa shape index (κ1) is 16.0. The van der Waals surface area contributed by atoms with Crippen molar-refractivity contribution >= 4 is 17.2 Å². The van der Waals surface area contributed by atoms with E-state index in [4.69, 9.17) is 0 Å². The molecule has 1 aromatic carbocycles. The van der Waals surface area contributed by atoms with Crippen molar-refractivity contribution in [1.82, 2.24) is 0 Å². The van der Waals surface area contributed by atoms with Crippen LogP contribution in [0.3, 0.4) is 0 Å². The Bertz CT molecular complexity index is 374. The summed E-state index contributed by atoms with van der Waals surface area (Å²) < 4.78 is 15.4. The van der Waals surface area contributed by atoms with Gasteiger partial charge in [0.1, 0.15) is 11.0 Å². The third kappa shape index (κ3) is 6.37. The molecule has 0 spiro atoms. The smallest absolute Gasteiger partial charge is 0.144 e. The minimum atomic E-state index is -1.17. The van der Waals surface area contributed by atoms with E-state index in [1.165, 1.54) is 5.56 Å². The Labute approximate surface area is 108 Å².